The van der Waals surface area contributed by atoms with Gasteiger partial charge in [-0.1, -0.05) is 64.5 Å². The first-order valence-electron chi connectivity index (χ1n) is 22.8. The second kappa shape index (κ2) is 22.8. The molecule has 1 aliphatic rings. The van der Waals surface area contributed by atoms with Crippen LogP contribution in [-0.4, -0.2) is 107 Å². The van der Waals surface area contributed by atoms with Gasteiger partial charge >= 0.3 is 23.8 Å². The Morgan fingerprint density at radius 2 is 1.70 bits per heavy atom. The number of hydrogen-bond donors (Lipinski definition) is 7. The van der Waals surface area contributed by atoms with Gasteiger partial charge in [0.05, 0.1) is 25.2 Å². The van der Waals surface area contributed by atoms with Crippen molar-refractivity contribution in [2.24, 2.45) is 17.6 Å². The van der Waals surface area contributed by atoms with Gasteiger partial charge in [0, 0.05) is 30.7 Å². The first-order chi connectivity index (χ1) is 32.1. The number of carbonyl (C=O) groups is 5. The van der Waals surface area contributed by atoms with Crippen molar-refractivity contribution in [3.63, 3.8) is 0 Å². The molecule has 67 heavy (non-hydrogen) atoms. The molecule has 0 aliphatic heterocycles. The van der Waals surface area contributed by atoms with Crippen molar-refractivity contribution in [3.05, 3.63) is 64.1 Å². The Balaban J connectivity index is 1.05. The van der Waals surface area contributed by atoms with E-state index in [0.29, 0.717) is 54.0 Å². The van der Waals surface area contributed by atoms with E-state index >= 15 is 0 Å². The third kappa shape index (κ3) is 13.0. The standard InChI is InChI=1S/C45H62N14O8/c1-6-7-22-66-43-53-37(46)36-38(54-43)58(44(64)52-36)24-29-15-18-34-33(23-29)55-56-59(34)21-20-57(31-10-8-11-31)45(65)67-25-28-13-16-30(17-14-28)49-40(61)32(12-9-19-48-42(47)63)50-41(62)35(26(2)3)51-39(60)27(4)5/h13-18,23,26-27,31-32,35H,6-12,19-22,24-25H2,1-5H3,(H,49,61)(H,50,62)(H,51,60)(H,52,64)(H2,46,53,54)(H3,47,48,63)/t32-,35?/m0/s1. The highest BCUT2D eigenvalue weighted by molar-refractivity contribution is 5.98. The fraction of sp³-hybridized carbons (Fsp3) is 0.511. The quantitative estimate of drug-likeness (QED) is 0.0462. The maximum Gasteiger partial charge on any atom is 0.410 e. The average Bonchev–Trinajstić information content (AvgIpc) is 3.82. The number of anilines is 2. The molecule has 360 valence electrons. The molecule has 6 rings (SSSR count). The number of benzene rings is 2. The fourth-order valence-corrected chi connectivity index (χ4v) is 7.38. The summed E-state index contributed by atoms with van der Waals surface area (Å²) in [5, 5.41) is 19.6. The molecular weight excluding hydrogens is 865 g/mol. The van der Waals surface area contributed by atoms with E-state index in [-0.39, 0.29) is 67.4 Å². The van der Waals surface area contributed by atoms with Crippen LogP contribution in [0.4, 0.5) is 21.1 Å². The molecule has 0 spiro atoms. The molecule has 1 fully saturated rings. The van der Waals surface area contributed by atoms with Crippen LogP contribution in [0.2, 0.25) is 0 Å². The number of nitrogens with one attached hydrogen (secondary N) is 5. The second-order valence-electron chi connectivity index (χ2n) is 17.3. The van der Waals surface area contributed by atoms with Gasteiger partial charge in [0.25, 0.3) is 0 Å². The molecule has 5 aromatic rings. The van der Waals surface area contributed by atoms with Gasteiger partial charge in [-0.25, -0.2) is 19.1 Å². The molecule has 3 aromatic heterocycles. The van der Waals surface area contributed by atoms with Gasteiger partial charge in [0.1, 0.15) is 29.7 Å². The molecule has 2 aromatic carbocycles. The number of ether oxygens (including phenoxy) is 2. The van der Waals surface area contributed by atoms with E-state index in [1.165, 1.54) is 4.57 Å². The van der Waals surface area contributed by atoms with Gasteiger partial charge in [0.2, 0.25) is 17.7 Å². The molecule has 22 heteroatoms. The van der Waals surface area contributed by atoms with E-state index in [2.05, 4.69) is 46.5 Å². The van der Waals surface area contributed by atoms with Crippen molar-refractivity contribution >= 4 is 63.5 Å². The summed E-state index contributed by atoms with van der Waals surface area (Å²) in [4.78, 5) is 90.2. The molecule has 0 radical (unpaired) electrons. The summed E-state index contributed by atoms with van der Waals surface area (Å²) in [5.41, 5.74) is 14.9. The van der Waals surface area contributed by atoms with Crippen LogP contribution in [0.5, 0.6) is 6.01 Å². The number of hydrogen-bond acceptors (Lipinski definition) is 13. The number of aromatic amines is 1. The lowest BCUT2D eigenvalue weighted by Crippen LogP contribution is -2.55. The molecule has 0 saturated heterocycles. The largest absolute Gasteiger partial charge is 0.463 e. The molecule has 1 aliphatic carbocycles. The monoisotopic (exact) mass is 926 g/mol. The SMILES string of the molecule is CCCCOc1nc(N)c2[nH]c(=O)n(Cc3ccc4c(c3)nnn4CCN(C(=O)OCc3ccc(NC(=O)[C@H](CCCNC(N)=O)NC(=O)C(NC(=O)C(C)C)C(C)C)cc3)C3CCC3)c2n1. The maximum atomic E-state index is 13.6. The normalized spacial score (nSPS) is 13.5. The first-order valence-corrected chi connectivity index (χ1v) is 22.8. The van der Waals surface area contributed by atoms with Crippen molar-refractivity contribution in [1.82, 2.24) is 55.4 Å². The highest BCUT2D eigenvalue weighted by Gasteiger charge is 2.31. The lowest BCUT2D eigenvalue weighted by atomic mass is 9.92. The third-order valence-electron chi connectivity index (χ3n) is 11.5. The maximum absolute atomic E-state index is 13.6. The molecule has 1 unspecified atom stereocenters. The van der Waals surface area contributed by atoms with E-state index < -0.39 is 36.0 Å². The number of urea groups is 1. The van der Waals surface area contributed by atoms with Crippen molar-refractivity contribution < 1.29 is 33.4 Å². The number of amides is 6. The van der Waals surface area contributed by atoms with Crippen molar-refractivity contribution in [2.45, 2.75) is 117 Å². The van der Waals surface area contributed by atoms with E-state index in [1.807, 2.05) is 25.1 Å². The zero-order valence-electron chi connectivity index (χ0n) is 38.7. The fourth-order valence-electron chi connectivity index (χ4n) is 7.38. The molecular formula is C45H62N14O8. The van der Waals surface area contributed by atoms with Gasteiger partial charge in [-0.2, -0.15) is 9.97 Å². The Labute approximate surface area is 387 Å². The predicted octanol–water partition coefficient (Wildman–Crippen LogP) is 3.53. The molecule has 3 heterocycles. The average molecular weight is 927 g/mol. The summed E-state index contributed by atoms with van der Waals surface area (Å²) in [6, 6.07) is 9.98. The Morgan fingerprint density at radius 3 is 2.37 bits per heavy atom. The summed E-state index contributed by atoms with van der Waals surface area (Å²) in [6.07, 6.45) is 4.54. The van der Waals surface area contributed by atoms with Gasteiger partial charge in [-0.3, -0.25) is 19.0 Å². The van der Waals surface area contributed by atoms with Crippen LogP contribution in [0, 0.1) is 11.8 Å². The molecule has 2 atom stereocenters. The molecule has 0 bridgehead atoms. The number of unbranched alkanes of at least 4 members (excludes halogenated alkanes) is 1. The van der Waals surface area contributed by atoms with Crippen LogP contribution in [-0.2, 0) is 38.8 Å². The van der Waals surface area contributed by atoms with Crippen LogP contribution in [0.15, 0.2) is 47.3 Å². The zero-order chi connectivity index (χ0) is 48.2. The number of nitrogen functional groups attached to an aromatic ring is 1. The van der Waals surface area contributed by atoms with Crippen molar-refractivity contribution in [1.29, 1.82) is 0 Å². The number of primary amides is 1. The molecule has 6 amide bonds. The first kappa shape index (κ1) is 49.2. The summed E-state index contributed by atoms with van der Waals surface area (Å²) < 4.78 is 14.7. The van der Waals surface area contributed by atoms with Crippen LogP contribution in [0.25, 0.3) is 22.2 Å². The van der Waals surface area contributed by atoms with E-state index in [0.717, 1.165) is 43.2 Å². The summed E-state index contributed by atoms with van der Waals surface area (Å²) in [6.45, 7) is 10.6. The number of nitrogens with two attached hydrogens (primary N) is 2. The number of carbonyl (C=O) groups excluding carboxylic acids is 5. The Hall–Kier alpha value is -7.26. The number of fused-ring (bicyclic) bond motifs is 2. The zero-order valence-corrected chi connectivity index (χ0v) is 38.7. The number of nitrogens with zero attached hydrogens (tertiary/aromatic N) is 7. The smallest absolute Gasteiger partial charge is 0.410 e. The van der Waals surface area contributed by atoms with E-state index in [1.54, 1.807) is 61.5 Å². The van der Waals surface area contributed by atoms with Crippen LogP contribution >= 0.6 is 0 Å². The highest BCUT2D eigenvalue weighted by Crippen LogP contribution is 2.26. The Morgan fingerprint density at radius 1 is 0.955 bits per heavy atom. The minimum atomic E-state index is -0.991. The van der Waals surface area contributed by atoms with Crippen molar-refractivity contribution in [3.8, 4) is 6.01 Å². The minimum absolute atomic E-state index is 0.0130. The van der Waals surface area contributed by atoms with Gasteiger partial charge in [-0.15, -0.1) is 5.10 Å². The number of imidazole rings is 1. The third-order valence-corrected chi connectivity index (χ3v) is 11.5. The Bertz CT molecular complexity index is 2580. The lowest BCUT2D eigenvalue weighted by molar-refractivity contribution is -0.133. The van der Waals surface area contributed by atoms with Crippen LogP contribution < -0.4 is 43.2 Å². The molecule has 22 nitrogen and oxygen atoms in total. The van der Waals surface area contributed by atoms with Crippen LogP contribution in [0.1, 0.15) is 90.7 Å². The number of H-pyrrole nitrogens is 1. The summed E-state index contributed by atoms with van der Waals surface area (Å²) in [7, 11) is 0. The van der Waals surface area contributed by atoms with Crippen LogP contribution in [0.3, 0.4) is 0 Å². The highest BCUT2D eigenvalue weighted by atomic mass is 16.6. The summed E-state index contributed by atoms with van der Waals surface area (Å²) in [5.74, 6) is -1.76. The van der Waals surface area contributed by atoms with Crippen molar-refractivity contribution in [2.75, 3.05) is 30.7 Å². The molecule has 1 saturated carbocycles. The van der Waals surface area contributed by atoms with E-state index in [4.69, 9.17) is 20.9 Å². The second-order valence-corrected chi connectivity index (χ2v) is 17.3. The predicted molar refractivity (Wildman–Crippen MR) is 250 cm³/mol. The topological polar surface area (TPSA) is 301 Å². The van der Waals surface area contributed by atoms with Gasteiger partial charge in [0.15, 0.2) is 11.5 Å². The number of rotatable bonds is 23. The number of aromatic nitrogens is 7. The van der Waals surface area contributed by atoms with Gasteiger partial charge < -0.3 is 52.1 Å². The van der Waals surface area contributed by atoms with E-state index in [9.17, 15) is 28.8 Å². The lowest BCUT2D eigenvalue weighted by Gasteiger charge is -2.36. The molecule has 9 N–H and O–H groups in total. The minimum Gasteiger partial charge on any atom is -0.463 e. The summed E-state index contributed by atoms with van der Waals surface area (Å²) >= 11 is 0. The Kier molecular flexibility index (Phi) is 16.7. The van der Waals surface area contributed by atoms with Gasteiger partial charge in [-0.05, 0) is 79.8 Å².